The fraction of sp³-hybridized carbons (Fsp3) is 0.562. The molecule has 1 aliphatic carbocycles. The summed E-state index contributed by atoms with van der Waals surface area (Å²) >= 11 is 0. The Bertz CT molecular complexity index is 858. The van der Waals surface area contributed by atoms with E-state index >= 15 is 0 Å². The summed E-state index contributed by atoms with van der Waals surface area (Å²) < 4.78 is 60.0. The number of benzene rings is 1. The number of nitrogens with one attached hydrogen (secondary N) is 1. The molecule has 2 fully saturated rings. The Balaban J connectivity index is 1.65. The van der Waals surface area contributed by atoms with Crippen LogP contribution in [0.4, 0.5) is 8.78 Å². The topological polar surface area (TPSA) is 75.7 Å². The average Bonchev–Trinajstić information content (AvgIpc) is 3.10. The highest BCUT2D eigenvalue weighted by atomic mass is 32.2. The summed E-state index contributed by atoms with van der Waals surface area (Å²) in [5, 5.41) is 2.62. The van der Waals surface area contributed by atoms with Crippen molar-refractivity contribution < 1.29 is 26.7 Å². The quantitative estimate of drug-likeness (QED) is 0.853. The van der Waals surface area contributed by atoms with Crippen molar-refractivity contribution in [2.24, 2.45) is 11.3 Å². The third-order valence-corrected chi connectivity index (χ3v) is 7.49. The van der Waals surface area contributed by atoms with Crippen molar-refractivity contribution in [3.8, 4) is 5.75 Å². The minimum atomic E-state index is -3.95. The number of sulfonamides is 1. The molecule has 2 unspecified atom stereocenters. The number of hydrogen-bond acceptors (Lipinski definition) is 4. The van der Waals surface area contributed by atoms with Gasteiger partial charge in [-0.3, -0.25) is 4.79 Å². The highest BCUT2D eigenvalue weighted by Crippen LogP contribution is 2.69. The third-order valence-electron chi connectivity index (χ3n) is 5.63. The minimum Gasteiger partial charge on any atom is -0.491 e. The van der Waals surface area contributed by atoms with E-state index in [0.29, 0.717) is 18.9 Å². The van der Waals surface area contributed by atoms with Crippen molar-refractivity contribution in [1.82, 2.24) is 9.62 Å². The van der Waals surface area contributed by atoms with E-state index in [9.17, 15) is 22.0 Å². The van der Waals surface area contributed by atoms with E-state index in [2.05, 4.69) is 5.32 Å². The first-order chi connectivity index (χ1) is 11.7. The number of rotatable bonds is 2. The van der Waals surface area contributed by atoms with Crippen LogP contribution in [0.1, 0.15) is 23.7 Å². The van der Waals surface area contributed by atoms with Gasteiger partial charge in [0.2, 0.25) is 10.0 Å². The molecule has 2 aliphatic heterocycles. The molecule has 2 atom stereocenters. The number of amides is 1. The van der Waals surface area contributed by atoms with Gasteiger partial charge in [0.05, 0.1) is 17.0 Å². The van der Waals surface area contributed by atoms with Gasteiger partial charge in [-0.25, -0.2) is 17.2 Å². The summed E-state index contributed by atoms with van der Waals surface area (Å²) in [6.07, 6.45) is 0.123. The highest BCUT2D eigenvalue weighted by molar-refractivity contribution is 7.89. The number of carbonyl (C=O) groups is 1. The fourth-order valence-corrected chi connectivity index (χ4v) is 5.23. The lowest BCUT2D eigenvalue weighted by molar-refractivity contribution is 0.0636. The van der Waals surface area contributed by atoms with Crippen molar-refractivity contribution >= 4 is 15.9 Å². The second-order valence-corrected chi connectivity index (χ2v) is 8.91. The van der Waals surface area contributed by atoms with Crippen LogP contribution in [0.15, 0.2) is 23.1 Å². The maximum Gasteiger partial charge on any atom is 0.258 e. The van der Waals surface area contributed by atoms with Gasteiger partial charge in [-0.1, -0.05) is 6.92 Å². The number of nitrogens with zero attached hydrogens (tertiary/aromatic N) is 1. The molecular weight excluding hydrogens is 354 g/mol. The van der Waals surface area contributed by atoms with Gasteiger partial charge in [0.1, 0.15) is 12.4 Å². The second kappa shape index (κ2) is 5.14. The Morgan fingerprint density at radius 1 is 1.36 bits per heavy atom. The number of hydrogen-bond donors (Lipinski definition) is 1. The van der Waals surface area contributed by atoms with Gasteiger partial charge in [-0.15, -0.1) is 0 Å². The van der Waals surface area contributed by atoms with Crippen LogP contribution in [0.2, 0.25) is 0 Å². The summed E-state index contributed by atoms with van der Waals surface area (Å²) in [4.78, 5) is 12.0. The number of alkyl halides is 2. The number of ether oxygens (including phenoxy) is 1. The van der Waals surface area contributed by atoms with Gasteiger partial charge in [0, 0.05) is 24.4 Å². The lowest BCUT2D eigenvalue weighted by Crippen LogP contribution is -2.38. The van der Waals surface area contributed by atoms with Crippen molar-refractivity contribution in [3.05, 3.63) is 23.8 Å². The van der Waals surface area contributed by atoms with Crippen LogP contribution in [0, 0.1) is 11.3 Å². The van der Waals surface area contributed by atoms with Crippen molar-refractivity contribution in [1.29, 1.82) is 0 Å². The monoisotopic (exact) mass is 372 g/mol. The summed E-state index contributed by atoms with van der Waals surface area (Å²) in [6.45, 7) is 1.98. The van der Waals surface area contributed by atoms with E-state index in [4.69, 9.17) is 4.74 Å². The maximum atomic E-state index is 13.9. The predicted octanol–water partition coefficient (Wildman–Crippen LogP) is 1.47. The van der Waals surface area contributed by atoms with Crippen molar-refractivity contribution in [3.63, 3.8) is 0 Å². The first kappa shape index (κ1) is 16.7. The van der Waals surface area contributed by atoms with Gasteiger partial charge in [-0.2, -0.15) is 4.31 Å². The van der Waals surface area contributed by atoms with E-state index in [1.54, 1.807) is 0 Å². The Kier molecular flexibility index (Phi) is 3.43. The van der Waals surface area contributed by atoms with Gasteiger partial charge in [0.15, 0.2) is 0 Å². The minimum absolute atomic E-state index is 0.0463. The fourth-order valence-electron chi connectivity index (χ4n) is 3.74. The van der Waals surface area contributed by atoms with Crippen LogP contribution in [0.5, 0.6) is 5.75 Å². The zero-order valence-corrected chi connectivity index (χ0v) is 14.4. The van der Waals surface area contributed by atoms with E-state index in [1.165, 1.54) is 25.1 Å². The van der Waals surface area contributed by atoms with Crippen LogP contribution in [-0.4, -0.2) is 50.8 Å². The molecule has 1 N–H and O–H groups in total. The molecule has 9 heteroatoms. The summed E-state index contributed by atoms with van der Waals surface area (Å²) in [7, 11) is -3.95. The zero-order chi connectivity index (χ0) is 18.0. The summed E-state index contributed by atoms with van der Waals surface area (Å²) in [5.41, 5.74) is -0.960. The molecule has 4 rings (SSSR count). The molecule has 2 heterocycles. The van der Waals surface area contributed by atoms with Crippen LogP contribution in [0.25, 0.3) is 0 Å². The molecule has 0 bridgehead atoms. The zero-order valence-electron chi connectivity index (χ0n) is 13.6. The smallest absolute Gasteiger partial charge is 0.258 e. The molecule has 136 valence electrons. The number of piperidine rings is 1. The molecule has 0 aromatic heterocycles. The Labute approximate surface area is 144 Å². The first-order valence-electron chi connectivity index (χ1n) is 8.11. The molecule has 25 heavy (non-hydrogen) atoms. The summed E-state index contributed by atoms with van der Waals surface area (Å²) in [5.74, 6) is -3.87. The van der Waals surface area contributed by atoms with Gasteiger partial charge in [0.25, 0.3) is 11.8 Å². The average molecular weight is 372 g/mol. The van der Waals surface area contributed by atoms with E-state index in [-0.39, 0.29) is 30.0 Å². The van der Waals surface area contributed by atoms with Crippen molar-refractivity contribution in [2.75, 3.05) is 26.2 Å². The molecular formula is C16H18F2N2O4S. The van der Waals surface area contributed by atoms with Crippen LogP contribution < -0.4 is 10.1 Å². The third kappa shape index (κ3) is 2.28. The molecule has 0 radical (unpaired) electrons. The SMILES string of the molecule is CC12CCN(S(=O)(=O)c3ccc4c(c3)C(=O)NCCO4)CC1C2(F)F. The first-order valence-corrected chi connectivity index (χ1v) is 9.55. The summed E-state index contributed by atoms with van der Waals surface area (Å²) in [6, 6.07) is 4.04. The maximum absolute atomic E-state index is 13.9. The molecule has 1 aromatic rings. The van der Waals surface area contributed by atoms with Gasteiger partial charge in [-0.05, 0) is 24.6 Å². The molecule has 6 nitrogen and oxygen atoms in total. The lowest BCUT2D eigenvalue weighted by atomic mass is 9.99. The van der Waals surface area contributed by atoms with Gasteiger partial charge >= 0.3 is 0 Å². The Morgan fingerprint density at radius 2 is 2.12 bits per heavy atom. The van der Waals surface area contributed by atoms with Crippen LogP contribution >= 0.6 is 0 Å². The lowest BCUT2D eigenvalue weighted by Gasteiger charge is -2.27. The molecule has 3 aliphatic rings. The number of carbonyl (C=O) groups excluding carboxylic acids is 1. The number of fused-ring (bicyclic) bond motifs is 2. The number of halogens is 2. The Morgan fingerprint density at radius 3 is 2.84 bits per heavy atom. The molecule has 1 saturated carbocycles. The molecule has 1 aromatic carbocycles. The van der Waals surface area contributed by atoms with Gasteiger partial charge < -0.3 is 10.1 Å². The molecule has 1 saturated heterocycles. The van der Waals surface area contributed by atoms with E-state index in [1.807, 2.05) is 0 Å². The largest absolute Gasteiger partial charge is 0.491 e. The highest BCUT2D eigenvalue weighted by Gasteiger charge is 2.78. The predicted molar refractivity (Wildman–Crippen MR) is 84.2 cm³/mol. The molecule has 1 amide bonds. The normalized spacial score (nSPS) is 31.2. The van der Waals surface area contributed by atoms with E-state index < -0.39 is 33.2 Å². The van der Waals surface area contributed by atoms with Crippen LogP contribution in [0.3, 0.4) is 0 Å². The van der Waals surface area contributed by atoms with Crippen molar-refractivity contribution in [2.45, 2.75) is 24.2 Å². The second-order valence-electron chi connectivity index (χ2n) is 6.97. The molecule has 0 spiro atoms. The van der Waals surface area contributed by atoms with E-state index in [0.717, 1.165) is 4.31 Å². The van der Waals surface area contributed by atoms with Crippen LogP contribution in [-0.2, 0) is 10.0 Å². The standard InChI is InChI=1S/C16H18F2N2O4S/c1-15-4-6-20(9-13(15)16(15,17)18)25(22,23)10-2-3-12-11(8-10)14(21)19-5-7-24-12/h2-3,8,13H,4-7,9H2,1H3,(H,19,21). The Hall–Kier alpha value is -1.74.